The van der Waals surface area contributed by atoms with Crippen LogP contribution in [0.1, 0.15) is 36.3 Å². The normalized spacial score (nSPS) is 15.1. The first-order chi connectivity index (χ1) is 14.2. The van der Waals surface area contributed by atoms with E-state index in [2.05, 4.69) is 10.1 Å². The van der Waals surface area contributed by atoms with Crippen molar-refractivity contribution >= 4 is 5.97 Å². The Labute approximate surface area is 168 Å². The number of carboxylic acid groups (broad SMARTS) is 1. The summed E-state index contributed by atoms with van der Waals surface area (Å²) in [6.45, 7) is 1.13. The molecule has 3 aromatic rings. The van der Waals surface area contributed by atoms with E-state index in [4.69, 9.17) is 14.6 Å². The van der Waals surface area contributed by atoms with E-state index in [1.165, 1.54) is 11.9 Å². The molecule has 7 heteroatoms. The summed E-state index contributed by atoms with van der Waals surface area (Å²) in [5.41, 5.74) is 3.29. The number of carboxylic acids is 1. The number of fused-ring (bicyclic) bond motifs is 1. The largest absolute Gasteiger partial charge is 0.493 e. The van der Waals surface area contributed by atoms with Crippen molar-refractivity contribution in [1.29, 1.82) is 0 Å². The number of hydrogen-bond donors (Lipinski definition) is 1. The molecule has 0 aliphatic heterocycles. The molecule has 0 radical (unpaired) electrons. The third kappa shape index (κ3) is 4.74. The molecule has 29 heavy (non-hydrogen) atoms. The Morgan fingerprint density at radius 3 is 2.59 bits per heavy atom. The zero-order valence-corrected chi connectivity index (χ0v) is 16.0. The van der Waals surface area contributed by atoms with E-state index >= 15 is 0 Å². The number of carbonyl (C=O) groups is 1. The number of hydrogen-bond acceptors (Lipinski definition) is 5. The second kappa shape index (κ2) is 8.77. The third-order valence-corrected chi connectivity index (χ3v) is 5.08. The van der Waals surface area contributed by atoms with E-state index in [0.29, 0.717) is 13.2 Å². The van der Waals surface area contributed by atoms with Crippen molar-refractivity contribution in [2.24, 2.45) is 0 Å². The molecule has 0 bridgehead atoms. The highest BCUT2D eigenvalue weighted by atomic mass is 16.5. The van der Waals surface area contributed by atoms with Gasteiger partial charge >= 0.3 is 5.97 Å². The van der Waals surface area contributed by atoms with Gasteiger partial charge in [-0.1, -0.05) is 6.07 Å². The van der Waals surface area contributed by atoms with Gasteiger partial charge in [0.25, 0.3) is 0 Å². The molecule has 1 N–H and O–H groups in total. The number of aliphatic carboxylic acids is 1. The minimum Gasteiger partial charge on any atom is -0.493 e. The molecule has 1 aliphatic carbocycles. The standard InChI is InChI=1S/C22H23N3O4/c26-22(27)13-17-3-2-16-12-20(8-9-21(16)17)29-11-1-10-28-19-6-4-18(5-7-19)25-15-23-14-24-25/h4-9,12,14-15,17H,1-3,10-11,13H2,(H,26,27)/t17-/m0/s1. The lowest BCUT2D eigenvalue weighted by Gasteiger charge is -2.11. The van der Waals surface area contributed by atoms with Gasteiger partial charge in [-0.15, -0.1) is 0 Å². The molecular weight excluding hydrogens is 370 g/mol. The number of aryl methyl sites for hydroxylation is 1. The number of aromatic nitrogens is 3. The SMILES string of the molecule is O=C(O)C[C@@H]1CCc2cc(OCCCOc3ccc(-n4cncn4)cc3)ccc21. The van der Waals surface area contributed by atoms with Crippen LogP contribution in [0.3, 0.4) is 0 Å². The van der Waals surface area contributed by atoms with Crippen molar-refractivity contribution in [3.05, 3.63) is 66.2 Å². The Hall–Kier alpha value is -3.35. The van der Waals surface area contributed by atoms with Crippen molar-refractivity contribution in [3.8, 4) is 17.2 Å². The van der Waals surface area contributed by atoms with Crippen LogP contribution in [-0.2, 0) is 11.2 Å². The Bertz CT molecular complexity index is 955. The van der Waals surface area contributed by atoms with E-state index in [0.717, 1.165) is 42.0 Å². The average Bonchev–Trinajstić information content (AvgIpc) is 3.38. The summed E-state index contributed by atoms with van der Waals surface area (Å²) < 4.78 is 13.3. The molecule has 0 saturated heterocycles. The van der Waals surface area contributed by atoms with E-state index < -0.39 is 5.97 Å². The summed E-state index contributed by atoms with van der Waals surface area (Å²) in [6, 6.07) is 13.7. The van der Waals surface area contributed by atoms with Crippen LogP contribution in [0.15, 0.2) is 55.1 Å². The van der Waals surface area contributed by atoms with Crippen LogP contribution >= 0.6 is 0 Å². The van der Waals surface area contributed by atoms with Crippen molar-refractivity contribution in [1.82, 2.24) is 14.8 Å². The molecule has 7 nitrogen and oxygen atoms in total. The second-order valence-electron chi connectivity index (χ2n) is 7.08. The summed E-state index contributed by atoms with van der Waals surface area (Å²) in [5, 5.41) is 13.1. The maximum atomic E-state index is 11.0. The minimum atomic E-state index is -0.740. The smallest absolute Gasteiger partial charge is 0.303 e. The topological polar surface area (TPSA) is 86.5 Å². The summed E-state index contributed by atoms with van der Waals surface area (Å²) in [5.74, 6) is 1.02. The van der Waals surface area contributed by atoms with Gasteiger partial charge in [0, 0.05) is 6.42 Å². The highest BCUT2D eigenvalue weighted by Crippen LogP contribution is 2.37. The van der Waals surface area contributed by atoms with Gasteiger partial charge in [0.05, 0.1) is 25.3 Å². The Morgan fingerprint density at radius 2 is 1.86 bits per heavy atom. The van der Waals surface area contributed by atoms with Gasteiger partial charge in [-0.2, -0.15) is 5.10 Å². The second-order valence-corrected chi connectivity index (χ2v) is 7.08. The summed E-state index contributed by atoms with van der Waals surface area (Å²) >= 11 is 0. The van der Waals surface area contributed by atoms with Gasteiger partial charge in [-0.25, -0.2) is 9.67 Å². The van der Waals surface area contributed by atoms with Gasteiger partial charge in [0.15, 0.2) is 0 Å². The maximum absolute atomic E-state index is 11.0. The van der Waals surface area contributed by atoms with Crippen molar-refractivity contribution in [2.75, 3.05) is 13.2 Å². The van der Waals surface area contributed by atoms with Gasteiger partial charge in [0.1, 0.15) is 24.2 Å². The van der Waals surface area contributed by atoms with Crippen LogP contribution in [0.4, 0.5) is 0 Å². The number of rotatable bonds is 9. The molecule has 0 fully saturated rings. The zero-order chi connectivity index (χ0) is 20.1. The average molecular weight is 393 g/mol. The summed E-state index contributed by atoms with van der Waals surface area (Å²) in [7, 11) is 0. The van der Waals surface area contributed by atoms with E-state index in [1.54, 1.807) is 11.0 Å². The summed E-state index contributed by atoms with van der Waals surface area (Å²) in [4.78, 5) is 14.9. The summed E-state index contributed by atoms with van der Waals surface area (Å²) in [6.07, 6.45) is 5.93. The van der Waals surface area contributed by atoms with Gasteiger partial charge in [0.2, 0.25) is 0 Å². The lowest BCUT2D eigenvalue weighted by molar-refractivity contribution is -0.137. The highest BCUT2D eigenvalue weighted by molar-refractivity contribution is 5.68. The van der Waals surface area contributed by atoms with Gasteiger partial charge in [-0.3, -0.25) is 4.79 Å². The molecular formula is C22H23N3O4. The van der Waals surface area contributed by atoms with E-state index in [9.17, 15) is 4.79 Å². The predicted octanol–water partition coefficient (Wildman–Crippen LogP) is 3.62. The molecule has 1 atom stereocenters. The van der Waals surface area contributed by atoms with Crippen molar-refractivity contribution in [3.63, 3.8) is 0 Å². The van der Waals surface area contributed by atoms with Crippen LogP contribution in [0.2, 0.25) is 0 Å². The maximum Gasteiger partial charge on any atom is 0.303 e. The first-order valence-electron chi connectivity index (χ1n) is 9.74. The fraction of sp³-hybridized carbons (Fsp3) is 0.318. The molecule has 1 aromatic heterocycles. The zero-order valence-electron chi connectivity index (χ0n) is 16.0. The molecule has 1 heterocycles. The molecule has 0 amide bonds. The fourth-order valence-corrected chi connectivity index (χ4v) is 3.67. The lowest BCUT2D eigenvalue weighted by Crippen LogP contribution is -2.06. The van der Waals surface area contributed by atoms with E-state index in [1.807, 2.05) is 42.5 Å². The Morgan fingerprint density at radius 1 is 1.10 bits per heavy atom. The number of nitrogens with zero attached hydrogens (tertiary/aromatic N) is 3. The monoisotopic (exact) mass is 393 g/mol. The molecule has 150 valence electrons. The first kappa shape index (κ1) is 19.0. The third-order valence-electron chi connectivity index (χ3n) is 5.08. The van der Waals surface area contributed by atoms with Crippen LogP contribution in [-0.4, -0.2) is 39.1 Å². The molecule has 0 saturated carbocycles. The van der Waals surface area contributed by atoms with Crippen LogP contribution < -0.4 is 9.47 Å². The van der Waals surface area contributed by atoms with E-state index in [-0.39, 0.29) is 12.3 Å². The van der Waals surface area contributed by atoms with Crippen molar-refractivity contribution < 1.29 is 19.4 Å². The van der Waals surface area contributed by atoms with Crippen molar-refractivity contribution in [2.45, 2.75) is 31.6 Å². The van der Waals surface area contributed by atoms with Crippen LogP contribution in [0, 0.1) is 0 Å². The quantitative estimate of drug-likeness (QED) is 0.559. The number of benzene rings is 2. The minimum absolute atomic E-state index is 0.126. The molecule has 0 unspecified atom stereocenters. The van der Waals surface area contributed by atoms with Crippen LogP contribution in [0.5, 0.6) is 11.5 Å². The molecule has 0 spiro atoms. The highest BCUT2D eigenvalue weighted by Gasteiger charge is 2.24. The Balaban J connectivity index is 1.21. The molecule has 1 aliphatic rings. The van der Waals surface area contributed by atoms with Gasteiger partial charge in [-0.05, 0) is 66.3 Å². The van der Waals surface area contributed by atoms with Gasteiger partial charge < -0.3 is 14.6 Å². The van der Waals surface area contributed by atoms with Crippen LogP contribution in [0.25, 0.3) is 5.69 Å². The molecule has 2 aromatic carbocycles. The predicted molar refractivity (Wildman–Crippen MR) is 107 cm³/mol. The lowest BCUT2D eigenvalue weighted by atomic mass is 9.98. The Kier molecular flexibility index (Phi) is 5.74. The first-order valence-corrected chi connectivity index (χ1v) is 9.74. The number of ether oxygens (including phenoxy) is 2. The molecule has 4 rings (SSSR count). The fourth-order valence-electron chi connectivity index (χ4n) is 3.67.